The second-order valence-electron chi connectivity index (χ2n) is 7.17. The van der Waals surface area contributed by atoms with Gasteiger partial charge in [0.05, 0.1) is 4.90 Å². The molecule has 0 aromatic heterocycles. The Hall–Kier alpha value is -1.11. The molecule has 3 rings (SSSR count). The first-order valence-corrected chi connectivity index (χ1v) is 10.6. The van der Waals surface area contributed by atoms with Gasteiger partial charge in [0.2, 0.25) is 15.9 Å². The van der Waals surface area contributed by atoms with Crippen LogP contribution in [0.15, 0.2) is 23.1 Å². The summed E-state index contributed by atoms with van der Waals surface area (Å²) in [5, 5.41) is 0.549. The number of halogens is 1. The third-order valence-corrected chi connectivity index (χ3v) is 7.85. The molecule has 25 heavy (non-hydrogen) atoms. The lowest BCUT2D eigenvalue weighted by atomic mass is 9.84. The third-order valence-electron chi connectivity index (χ3n) is 5.59. The van der Waals surface area contributed by atoms with Gasteiger partial charge in [-0.2, -0.15) is 4.31 Å². The number of nitrogens with zero attached hydrogens (tertiary/aromatic N) is 2. The highest BCUT2D eigenvalue weighted by molar-refractivity contribution is 7.89. The molecule has 7 heteroatoms. The molecule has 1 aromatic carbocycles. The van der Waals surface area contributed by atoms with Gasteiger partial charge in [-0.15, -0.1) is 0 Å². The summed E-state index contributed by atoms with van der Waals surface area (Å²) in [5.41, 5.74) is 0.686. The van der Waals surface area contributed by atoms with Crippen molar-refractivity contribution in [3.63, 3.8) is 0 Å². The van der Waals surface area contributed by atoms with Crippen LogP contribution in [-0.2, 0) is 14.8 Å². The molecule has 1 atom stereocenters. The molecule has 138 valence electrons. The molecule has 0 N–H and O–H groups in total. The summed E-state index contributed by atoms with van der Waals surface area (Å²) in [6, 6.07) is 4.93. The van der Waals surface area contributed by atoms with E-state index in [1.54, 1.807) is 36.4 Å². The number of amides is 1. The van der Waals surface area contributed by atoms with Crippen molar-refractivity contribution >= 4 is 27.5 Å². The first kappa shape index (κ1) is 18.7. The predicted molar refractivity (Wildman–Crippen MR) is 98.0 cm³/mol. The van der Waals surface area contributed by atoms with E-state index in [1.165, 1.54) is 0 Å². The fourth-order valence-electron chi connectivity index (χ4n) is 4.08. The molecule has 5 nitrogen and oxygen atoms in total. The lowest BCUT2D eigenvalue weighted by Crippen LogP contribution is -2.39. The van der Waals surface area contributed by atoms with Crippen molar-refractivity contribution in [2.24, 2.45) is 11.8 Å². The molecule has 2 aliphatic heterocycles. The first-order chi connectivity index (χ1) is 11.8. The molecule has 1 aromatic rings. The van der Waals surface area contributed by atoms with Crippen LogP contribution in [-0.4, -0.2) is 49.7 Å². The van der Waals surface area contributed by atoms with Gasteiger partial charge in [-0.25, -0.2) is 8.42 Å². The van der Waals surface area contributed by atoms with Crippen LogP contribution in [0.4, 0.5) is 0 Å². The van der Waals surface area contributed by atoms with E-state index in [2.05, 4.69) is 0 Å². The summed E-state index contributed by atoms with van der Waals surface area (Å²) in [5.74, 6) is 1.02. The van der Waals surface area contributed by atoms with Gasteiger partial charge in [-0.05, 0) is 61.8 Å². The molecular formula is C18H25ClN2O3S. The van der Waals surface area contributed by atoms with E-state index in [4.69, 9.17) is 11.6 Å². The molecule has 2 fully saturated rings. The standard InChI is InChI=1S/C18H25ClN2O3S/c1-13-11-17(19)3-4-18(13)25(23,24)21-10-7-16(12-21)15-5-8-20(9-6-15)14(2)22/h3-4,11,15-16H,5-10,12H2,1-2H3. The summed E-state index contributed by atoms with van der Waals surface area (Å²) in [6.45, 7) is 6.12. The topological polar surface area (TPSA) is 57.7 Å². The van der Waals surface area contributed by atoms with E-state index in [9.17, 15) is 13.2 Å². The zero-order valence-electron chi connectivity index (χ0n) is 14.7. The summed E-state index contributed by atoms with van der Waals surface area (Å²) >= 11 is 5.95. The Kier molecular flexibility index (Phi) is 5.42. The first-order valence-electron chi connectivity index (χ1n) is 8.81. The molecule has 2 aliphatic rings. The quantitative estimate of drug-likeness (QED) is 0.805. The van der Waals surface area contributed by atoms with E-state index in [-0.39, 0.29) is 5.91 Å². The maximum Gasteiger partial charge on any atom is 0.243 e. The van der Waals surface area contributed by atoms with E-state index in [0.29, 0.717) is 40.4 Å². The minimum atomic E-state index is -3.47. The van der Waals surface area contributed by atoms with Crippen LogP contribution in [0.3, 0.4) is 0 Å². The number of rotatable bonds is 3. The summed E-state index contributed by atoms with van der Waals surface area (Å²) in [6.07, 6.45) is 2.84. The van der Waals surface area contributed by atoms with Gasteiger partial charge in [0.15, 0.2) is 0 Å². The molecular weight excluding hydrogens is 360 g/mol. The maximum absolute atomic E-state index is 13.0. The van der Waals surface area contributed by atoms with Gasteiger partial charge < -0.3 is 4.90 Å². The molecule has 1 amide bonds. The molecule has 2 heterocycles. The van der Waals surface area contributed by atoms with Gasteiger partial charge in [-0.3, -0.25) is 4.79 Å². The minimum Gasteiger partial charge on any atom is -0.343 e. The zero-order valence-corrected chi connectivity index (χ0v) is 16.3. The van der Waals surface area contributed by atoms with Crippen molar-refractivity contribution in [1.82, 2.24) is 9.21 Å². The van der Waals surface area contributed by atoms with Crippen molar-refractivity contribution in [3.8, 4) is 0 Å². The van der Waals surface area contributed by atoms with Crippen LogP contribution in [0.5, 0.6) is 0 Å². The summed E-state index contributed by atoms with van der Waals surface area (Å²) in [7, 11) is -3.47. The minimum absolute atomic E-state index is 0.132. The van der Waals surface area contributed by atoms with Crippen LogP contribution in [0.2, 0.25) is 5.02 Å². The largest absolute Gasteiger partial charge is 0.343 e. The second kappa shape index (κ2) is 7.25. The van der Waals surface area contributed by atoms with E-state index < -0.39 is 10.0 Å². The molecule has 0 saturated carbocycles. The van der Waals surface area contributed by atoms with E-state index in [0.717, 1.165) is 32.4 Å². The Morgan fingerprint density at radius 3 is 2.36 bits per heavy atom. The van der Waals surface area contributed by atoms with Crippen molar-refractivity contribution in [1.29, 1.82) is 0 Å². The molecule has 0 aliphatic carbocycles. The van der Waals surface area contributed by atoms with Crippen LogP contribution in [0.1, 0.15) is 31.7 Å². The average Bonchev–Trinajstić information content (AvgIpc) is 3.05. The van der Waals surface area contributed by atoms with Gasteiger partial charge in [-0.1, -0.05) is 11.6 Å². The molecule has 1 unspecified atom stereocenters. The van der Waals surface area contributed by atoms with Gasteiger partial charge >= 0.3 is 0 Å². The summed E-state index contributed by atoms with van der Waals surface area (Å²) in [4.78, 5) is 13.7. The van der Waals surface area contributed by atoms with Gasteiger partial charge in [0, 0.05) is 38.1 Å². The predicted octanol–water partition coefficient (Wildman–Crippen LogP) is 2.92. The fraction of sp³-hybridized carbons (Fsp3) is 0.611. The molecule has 0 bridgehead atoms. The number of hydrogen-bond donors (Lipinski definition) is 0. The lowest BCUT2D eigenvalue weighted by Gasteiger charge is -2.34. The van der Waals surface area contributed by atoms with Crippen LogP contribution < -0.4 is 0 Å². The third kappa shape index (κ3) is 3.86. The Labute approximate surface area is 155 Å². The Morgan fingerprint density at radius 1 is 1.12 bits per heavy atom. The maximum atomic E-state index is 13.0. The zero-order chi connectivity index (χ0) is 18.2. The number of hydrogen-bond acceptors (Lipinski definition) is 3. The normalized spacial score (nSPS) is 23.2. The van der Waals surface area contributed by atoms with Gasteiger partial charge in [0.25, 0.3) is 0 Å². The van der Waals surface area contributed by atoms with Gasteiger partial charge in [0.1, 0.15) is 0 Å². The van der Waals surface area contributed by atoms with Crippen LogP contribution in [0.25, 0.3) is 0 Å². The lowest BCUT2D eigenvalue weighted by molar-refractivity contribution is -0.130. The highest BCUT2D eigenvalue weighted by atomic mass is 35.5. The Morgan fingerprint density at radius 2 is 1.76 bits per heavy atom. The number of carbonyl (C=O) groups excluding carboxylic acids is 1. The molecule has 0 spiro atoms. The average molecular weight is 385 g/mol. The van der Waals surface area contributed by atoms with Crippen molar-refractivity contribution < 1.29 is 13.2 Å². The number of aryl methyl sites for hydroxylation is 1. The van der Waals surface area contributed by atoms with E-state index in [1.807, 2.05) is 4.90 Å². The molecule has 2 saturated heterocycles. The highest BCUT2D eigenvalue weighted by Gasteiger charge is 2.37. The number of benzene rings is 1. The number of piperidine rings is 1. The summed E-state index contributed by atoms with van der Waals surface area (Å²) < 4.78 is 27.5. The van der Waals surface area contributed by atoms with Crippen molar-refractivity contribution in [2.75, 3.05) is 26.2 Å². The monoisotopic (exact) mass is 384 g/mol. The smallest absolute Gasteiger partial charge is 0.243 e. The number of carbonyl (C=O) groups is 1. The SMILES string of the molecule is CC(=O)N1CCC(C2CCN(S(=O)(=O)c3ccc(Cl)cc3C)C2)CC1. The number of likely N-dealkylation sites (tertiary alicyclic amines) is 1. The van der Waals surface area contributed by atoms with Crippen molar-refractivity contribution in [2.45, 2.75) is 38.0 Å². The second-order valence-corrected chi connectivity index (χ2v) is 9.51. The Bertz CT molecular complexity index is 758. The Balaban J connectivity index is 1.67. The van der Waals surface area contributed by atoms with Crippen molar-refractivity contribution in [3.05, 3.63) is 28.8 Å². The number of sulfonamides is 1. The van der Waals surface area contributed by atoms with Crippen LogP contribution >= 0.6 is 11.6 Å². The van der Waals surface area contributed by atoms with E-state index >= 15 is 0 Å². The fourth-order valence-corrected chi connectivity index (χ4v) is 6.03. The molecule has 0 radical (unpaired) electrons. The van der Waals surface area contributed by atoms with Crippen LogP contribution in [0, 0.1) is 18.8 Å². The highest BCUT2D eigenvalue weighted by Crippen LogP contribution is 2.35.